The Kier molecular flexibility index (Phi) is 4.76. The molecule has 0 unspecified atom stereocenters. The van der Waals surface area contributed by atoms with E-state index < -0.39 is 39.4 Å². The molecule has 0 N–H and O–H groups in total. The van der Waals surface area contributed by atoms with Crippen LogP contribution in [-0.4, -0.2) is 37.8 Å². The molecule has 1 amide bonds. The van der Waals surface area contributed by atoms with Gasteiger partial charge in [-0.1, -0.05) is 0 Å². The SMILES string of the molecule is C[C@H]1C(=O)N(c2ccc(F)cc2F)CCN1S(=O)(=O)c1ccc(F)cc1. The van der Waals surface area contributed by atoms with Gasteiger partial charge >= 0.3 is 0 Å². The molecule has 9 heteroatoms. The van der Waals surface area contributed by atoms with Crippen molar-refractivity contribution in [2.45, 2.75) is 17.9 Å². The maximum Gasteiger partial charge on any atom is 0.245 e. The van der Waals surface area contributed by atoms with E-state index in [0.717, 1.165) is 45.6 Å². The first-order valence-corrected chi connectivity index (χ1v) is 9.19. The highest BCUT2D eigenvalue weighted by Gasteiger charge is 2.40. The molecule has 138 valence electrons. The van der Waals surface area contributed by atoms with E-state index in [1.807, 2.05) is 0 Å². The van der Waals surface area contributed by atoms with Crippen molar-refractivity contribution in [3.8, 4) is 0 Å². The first-order valence-electron chi connectivity index (χ1n) is 7.75. The topological polar surface area (TPSA) is 57.7 Å². The van der Waals surface area contributed by atoms with Gasteiger partial charge in [-0.25, -0.2) is 21.6 Å². The normalized spacial score (nSPS) is 19.0. The second-order valence-electron chi connectivity index (χ2n) is 5.83. The van der Waals surface area contributed by atoms with Crippen molar-refractivity contribution in [2.75, 3.05) is 18.0 Å². The van der Waals surface area contributed by atoms with E-state index in [4.69, 9.17) is 0 Å². The van der Waals surface area contributed by atoms with Gasteiger partial charge in [0.25, 0.3) is 0 Å². The van der Waals surface area contributed by atoms with E-state index >= 15 is 0 Å². The van der Waals surface area contributed by atoms with Gasteiger partial charge in [0.2, 0.25) is 15.9 Å². The van der Waals surface area contributed by atoms with Crippen LogP contribution in [0.1, 0.15) is 6.92 Å². The fourth-order valence-electron chi connectivity index (χ4n) is 2.86. The number of hydrogen-bond acceptors (Lipinski definition) is 3. The number of carbonyl (C=O) groups excluding carboxylic acids is 1. The predicted molar refractivity (Wildman–Crippen MR) is 88.5 cm³/mol. The smallest absolute Gasteiger partial charge is 0.245 e. The Morgan fingerprint density at radius 3 is 2.19 bits per heavy atom. The molecule has 0 aromatic heterocycles. The number of hydrogen-bond donors (Lipinski definition) is 0. The summed E-state index contributed by atoms with van der Waals surface area (Å²) in [5.41, 5.74) is -0.109. The third-order valence-electron chi connectivity index (χ3n) is 4.22. The summed E-state index contributed by atoms with van der Waals surface area (Å²) in [5.74, 6) is -2.89. The minimum Gasteiger partial charge on any atom is -0.307 e. The van der Waals surface area contributed by atoms with E-state index in [1.54, 1.807) is 0 Å². The number of anilines is 1. The summed E-state index contributed by atoms with van der Waals surface area (Å²) in [6.07, 6.45) is 0. The molecule has 0 bridgehead atoms. The van der Waals surface area contributed by atoms with Crippen LogP contribution in [0.25, 0.3) is 0 Å². The molecule has 1 fully saturated rings. The Morgan fingerprint density at radius 2 is 1.58 bits per heavy atom. The molecule has 0 radical (unpaired) electrons. The Labute approximate surface area is 148 Å². The number of rotatable bonds is 3. The quantitative estimate of drug-likeness (QED) is 0.817. The van der Waals surface area contributed by atoms with Gasteiger partial charge in [-0.2, -0.15) is 4.31 Å². The average Bonchev–Trinajstić information content (AvgIpc) is 2.58. The van der Waals surface area contributed by atoms with Crippen LogP contribution in [0.15, 0.2) is 47.4 Å². The highest BCUT2D eigenvalue weighted by atomic mass is 32.2. The molecule has 1 saturated heterocycles. The predicted octanol–water partition coefficient (Wildman–Crippen LogP) is 2.53. The van der Waals surface area contributed by atoms with Crippen LogP contribution < -0.4 is 4.90 Å². The molecular formula is C17H15F3N2O3S. The summed E-state index contributed by atoms with van der Waals surface area (Å²) in [6, 6.07) is 6.00. The second-order valence-corrected chi connectivity index (χ2v) is 7.72. The number of piperazine rings is 1. The minimum atomic E-state index is -4.02. The Morgan fingerprint density at radius 1 is 0.962 bits per heavy atom. The first-order chi connectivity index (χ1) is 12.2. The largest absolute Gasteiger partial charge is 0.307 e. The molecule has 2 aromatic rings. The van der Waals surface area contributed by atoms with E-state index in [9.17, 15) is 26.4 Å². The monoisotopic (exact) mass is 384 g/mol. The summed E-state index contributed by atoms with van der Waals surface area (Å²) >= 11 is 0. The third-order valence-corrected chi connectivity index (χ3v) is 6.20. The summed E-state index contributed by atoms with van der Waals surface area (Å²) < 4.78 is 66.5. The lowest BCUT2D eigenvalue weighted by molar-refractivity contribution is -0.123. The van der Waals surface area contributed by atoms with Gasteiger partial charge in [0, 0.05) is 19.2 Å². The van der Waals surface area contributed by atoms with Gasteiger partial charge in [-0.3, -0.25) is 4.79 Å². The number of nitrogens with zero attached hydrogens (tertiary/aromatic N) is 2. The molecule has 1 atom stereocenters. The van der Waals surface area contributed by atoms with Crippen LogP contribution in [-0.2, 0) is 14.8 Å². The van der Waals surface area contributed by atoms with Crippen molar-refractivity contribution in [2.24, 2.45) is 0 Å². The summed E-state index contributed by atoms with van der Waals surface area (Å²) in [7, 11) is -4.02. The Bertz CT molecular complexity index is 948. The fraction of sp³-hybridized carbons (Fsp3) is 0.235. The number of sulfonamides is 1. The lowest BCUT2D eigenvalue weighted by atomic mass is 10.2. The van der Waals surface area contributed by atoms with Crippen LogP contribution >= 0.6 is 0 Å². The van der Waals surface area contributed by atoms with Crippen LogP contribution in [0.2, 0.25) is 0 Å². The Hall–Kier alpha value is -2.39. The van der Waals surface area contributed by atoms with Gasteiger partial charge < -0.3 is 4.90 Å². The average molecular weight is 384 g/mol. The van der Waals surface area contributed by atoms with Gasteiger partial charge in [-0.05, 0) is 43.3 Å². The van der Waals surface area contributed by atoms with Crippen molar-refractivity contribution in [3.05, 3.63) is 59.9 Å². The van der Waals surface area contributed by atoms with Crippen molar-refractivity contribution in [1.82, 2.24) is 4.31 Å². The molecular weight excluding hydrogens is 369 g/mol. The highest BCUT2D eigenvalue weighted by molar-refractivity contribution is 7.89. The molecule has 26 heavy (non-hydrogen) atoms. The number of halogens is 3. The zero-order valence-corrected chi connectivity index (χ0v) is 14.5. The first kappa shape index (κ1) is 18.4. The molecule has 3 rings (SSSR count). The van der Waals surface area contributed by atoms with E-state index in [-0.39, 0.29) is 23.7 Å². The zero-order valence-electron chi connectivity index (χ0n) is 13.7. The molecule has 1 aliphatic rings. The van der Waals surface area contributed by atoms with Crippen LogP contribution in [0.5, 0.6) is 0 Å². The minimum absolute atomic E-state index is 0.0799. The summed E-state index contributed by atoms with van der Waals surface area (Å²) in [4.78, 5) is 13.6. The number of benzene rings is 2. The molecule has 5 nitrogen and oxygen atoms in total. The third kappa shape index (κ3) is 3.19. The van der Waals surface area contributed by atoms with Gasteiger partial charge in [0.05, 0.1) is 10.6 Å². The second kappa shape index (κ2) is 6.73. The molecule has 2 aromatic carbocycles. The van der Waals surface area contributed by atoms with Gasteiger partial charge in [0.15, 0.2) is 0 Å². The van der Waals surface area contributed by atoms with Crippen LogP contribution in [0, 0.1) is 17.5 Å². The lowest BCUT2D eigenvalue weighted by Gasteiger charge is -2.38. The summed E-state index contributed by atoms with van der Waals surface area (Å²) in [5, 5.41) is 0. The van der Waals surface area contributed by atoms with E-state index in [1.165, 1.54) is 6.92 Å². The molecule has 0 spiro atoms. The lowest BCUT2D eigenvalue weighted by Crippen LogP contribution is -2.57. The Balaban J connectivity index is 1.89. The van der Waals surface area contributed by atoms with Crippen molar-refractivity contribution >= 4 is 21.6 Å². The molecule has 0 aliphatic carbocycles. The van der Waals surface area contributed by atoms with Gasteiger partial charge in [0.1, 0.15) is 23.5 Å². The van der Waals surface area contributed by atoms with Crippen molar-refractivity contribution in [3.63, 3.8) is 0 Å². The maximum absolute atomic E-state index is 14.0. The van der Waals surface area contributed by atoms with Crippen molar-refractivity contribution < 1.29 is 26.4 Å². The number of carbonyl (C=O) groups is 1. The zero-order chi connectivity index (χ0) is 19.1. The van der Waals surface area contributed by atoms with Crippen LogP contribution in [0.4, 0.5) is 18.9 Å². The molecule has 1 aliphatic heterocycles. The molecule has 0 saturated carbocycles. The highest BCUT2D eigenvalue weighted by Crippen LogP contribution is 2.27. The van der Waals surface area contributed by atoms with E-state index in [2.05, 4.69) is 0 Å². The molecule has 1 heterocycles. The maximum atomic E-state index is 14.0. The van der Waals surface area contributed by atoms with Crippen LogP contribution in [0.3, 0.4) is 0 Å². The summed E-state index contributed by atoms with van der Waals surface area (Å²) in [6.45, 7) is 1.21. The number of amides is 1. The van der Waals surface area contributed by atoms with Gasteiger partial charge in [-0.15, -0.1) is 0 Å². The fourth-order valence-corrected chi connectivity index (χ4v) is 4.44. The standard InChI is InChI=1S/C17H15F3N2O3S/c1-11-17(23)21(16-7-4-13(19)10-15(16)20)8-9-22(11)26(24,25)14-5-2-12(18)3-6-14/h2-7,10-11H,8-9H2,1H3/t11-/m0/s1. The van der Waals surface area contributed by atoms with Crippen molar-refractivity contribution in [1.29, 1.82) is 0 Å². The van der Waals surface area contributed by atoms with E-state index in [0.29, 0.717) is 6.07 Å².